The number of nitrogens with zero attached hydrogens (tertiary/aromatic N) is 2. The highest BCUT2D eigenvalue weighted by atomic mass is 32.1. The molecule has 1 unspecified atom stereocenters. The number of amides is 1. The van der Waals surface area contributed by atoms with Gasteiger partial charge in [-0.05, 0) is 72.6 Å². The summed E-state index contributed by atoms with van der Waals surface area (Å²) in [5.41, 5.74) is 2.46. The number of anilines is 1. The molecule has 1 amide bonds. The molecule has 1 fully saturated rings. The molecule has 4 aromatic carbocycles. The molecule has 1 N–H and O–H groups in total. The van der Waals surface area contributed by atoms with E-state index in [0.717, 1.165) is 10.3 Å². The van der Waals surface area contributed by atoms with Crippen LogP contribution in [0.2, 0.25) is 0 Å². The Morgan fingerprint density at radius 1 is 0.867 bits per heavy atom. The van der Waals surface area contributed by atoms with Crippen LogP contribution < -0.4 is 23.8 Å². The summed E-state index contributed by atoms with van der Waals surface area (Å²) < 4.78 is 23.4. The van der Waals surface area contributed by atoms with Gasteiger partial charge >= 0.3 is 5.91 Å². The van der Waals surface area contributed by atoms with Crippen LogP contribution in [0.3, 0.4) is 0 Å². The van der Waals surface area contributed by atoms with Crippen molar-refractivity contribution in [2.75, 3.05) is 25.7 Å². The van der Waals surface area contributed by atoms with Crippen LogP contribution in [-0.2, 0) is 16.2 Å². The number of aliphatic hydroxyl groups is 1. The van der Waals surface area contributed by atoms with E-state index < -0.39 is 17.7 Å². The van der Waals surface area contributed by atoms with Crippen LogP contribution >= 0.6 is 11.3 Å². The standard InChI is InChI=1S/C35H30N2O7S/c1-4-43-25-15-16-26-29(19-25)45-35(36-26)37-31(30(33(39)34(37)40)32(38)22-10-13-24(41-2)14-11-22)23-12-17-27(28(18-23)42-3)44-20-21-8-6-5-7-9-21/h5-19,31,38H,4,20H2,1-3H3/b32-30-. The number of fused-ring (bicyclic) bond motifs is 1. The lowest BCUT2D eigenvalue weighted by Gasteiger charge is -2.24. The number of hydrogen-bond donors (Lipinski definition) is 1. The molecule has 0 saturated carbocycles. The number of benzene rings is 4. The first-order valence-electron chi connectivity index (χ1n) is 14.2. The molecule has 0 radical (unpaired) electrons. The van der Waals surface area contributed by atoms with E-state index in [1.54, 1.807) is 42.5 Å². The molecule has 45 heavy (non-hydrogen) atoms. The minimum Gasteiger partial charge on any atom is -0.507 e. The fraction of sp³-hybridized carbons (Fsp3) is 0.171. The molecule has 0 spiro atoms. The Balaban J connectivity index is 1.46. The highest BCUT2D eigenvalue weighted by Crippen LogP contribution is 2.46. The number of methoxy groups -OCH3 is 2. The summed E-state index contributed by atoms with van der Waals surface area (Å²) in [6, 6.07) is 26.0. The molecule has 1 atom stereocenters. The number of aliphatic hydroxyl groups excluding tert-OH is 1. The van der Waals surface area contributed by atoms with Crippen molar-refractivity contribution in [1.82, 2.24) is 4.98 Å². The molecule has 10 heteroatoms. The molecule has 6 rings (SSSR count). The monoisotopic (exact) mass is 622 g/mol. The van der Waals surface area contributed by atoms with Crippen LogP contribution in [0.15, 0.2) is 96.6 Å². The summed E-state index contributed by atoms with van der Waals surface area (Å²) >= 11 is 1.26. The van der Waals surface area contributed by atoms with E-state index in [9.17, 15) is 14.7 Å². The molecule has 5 aromatic rings. The van der Waals surface area contributed by atoms with Crippen molar-refractivity contribution in [2.24, 2.45) is 0 Å². The zero-order valence-electron chi connectivity index (χ0n) is 24.9. The normalized spacial score (nSPS) is 15.8. The first-order valence-corrected chi connectivity index (χ1v) is 15.1. The Kier molecular flexibility index (Phi) is 8.39. The van der Waals surface area contributed by atoms with Crippen molar-refractivity contribution in [3.8, 4) is 23.0 Å². The van der Waals surface area contributed by atoms with Gasteiger partial charge in [-0.3, -0.25) is 14.5 Å². The number of aromatic nitrogens is 1. The minimum atomic E-state index is -1.00. The smallest absolute Gasteiger partial charge is 0.301 e. The van der Waals surface area contributed by atoms with Gasteiger partial charge in [-0.1, -0.05) is 47.7 Å². The van der Waals surface area contributed by atoms with E-state index in [4.69, 9.17) is 23.9 Å². The van der Waals surface area contributed by atoms with Gasteiger partial charge in [0, 0.05) is 5.56 Å². The van der Waals surface area contributed by atoms with Crippen LogP contribution in [0, 0.1) is 0 Å². The quantitative estimate of drug-likeness (QED) is 0.102. The lowest BCUT2D eigenvalue weighted by molar-refractivity contribution is -0.132. The van der Waals surface area contributed by atoms with Gasteiger partial charge in [0.15, 0.2) is 16.6 Å². The second-order valence-electron chi connectivity index (χ2n) is 10.1. The van der Waals surface area contributed by atoms with Gasteiger partial charge in [-0.2, -0.15) is 0 Å². The maximum absolute atomic E-state index is 13.8. The lowest BCUT2D eigenvalue weighted by Crippen LogP contribution is -2.29. The lowest BCUT2D eigenvalue weighted by atomic mass is 9.95. The van der Waals surface area contributed by atoms with Gasteiger partial charge in [-0.15, -0.1) is 0 Å². The molecule has 1 aromatic heterocycles. The summed E-state index contributed by atoms with van der Waals surface area (Å²) in [5.74, 6) is 0.208. The number of carbonyl (C=O) groups is 2. The van der Waals surface area contributed by atoms with E-state index in [0.29, 0.717) is 58.0 Å². The summed E-state index contributed by atoms with van der Waals surface area (Å²) in [6.45, 7) is 2.72. The predicted molar refractivity (Wildman–Crippen MR) is 172 cm³/mol. The van der Waals surface area contributed by atoms with Crippen LogP contribution in [-0.4, -0.2) is 42.6 Å². The molecule has 0 aliphatic carbocycles. The van der Waals surface area contributed by atoms with Crippen molar-refractivity contribution in [1.29, 1.82) is 0 Å². The van der Waals surface area contributed by atoms with Crippen molar-refractivity contribution in [3.05, 3.63) is 113 Å². The minimum absolute atomic E-state index is 0.0700. The first kappa shape index (κ1) is 29.7. The fourth-order valence-electron chi connectivity index (χ4n) is 5.21. The van der Waals surface area contributed by atoms with Gasteiger partial charge in [-0.25, -0.2) is 4.98 Å². The van der Waals surface area contributed by atoms with E-state index in [-0.39, 0.29) is 11.3 Å². The third-order valence-electron chi connectivity index (χ3n) is 7.41. The Hall–Kier alpha value is -5.35. The zero-order valence-corrected chi connectivity index (χ0v) is 25.7. The van der Waals surface area contributed by atoms with E-state index in [2.05, 4.69) is 0 Å². The fourth-order valence-corrected chi connectivity index (χ4v) is 6.23. The molecule has 228 valence electrons. The topological polar surface area (TPSA) is 107 Å². The average Bonchev–Trinajstić information content (AvgIpc) is 3.61. The number of hydrogen-bond acceptors (Lipinski definition) is 9. The molecule has 2 heterocycles. The number of carbonyl (C=O) groups excluding carboxylic acids is 2. The van der Waals surface area contributed by atoms with Crippen molar-refractivity contribution >= 4 is 44.1 Å². The third kappa shape index (κ3) is 5.80. The van der Waals surface area contributed by atoms with Gasteiger partial charge in [0.25, 0.3) is 5.78 Å². The molecule has 1 aliphatic heterocycles. The number of ketones is 1. The molecule has 0 bridgehead atoms. The summed E-state index contributed by atoms with van der Waals surface area (Å²) in [6.07, 6.45) is 0. The SMILES string of the molecule is CCOc1ccc2nc(N3C(=O)C(=O)/C(=C(\O)c4ccc(OC)cc4)C3c3ccc(OCc4ccccc4)c(OC)c3)sc2c1. The molecular weight excluding hydrogens is 592 g/mol. The Morgan fingerprint density at radius 2 is 1.62 bits per heavy atom. The summed E-state index contributed by atoms with van der Waals surface area (Å²) in [4.78, 5) is 33.5. The Labute approximate surface area is 263 Å². The molecular formula is C35H30N2O7S. The van der Waals surface area contributed by atoms with Crippen molar-refractivity contribution in [2.45, 2.75) is 19.6 Å². The van der Waals surface area contributed by atoms with Crippen molar-refractivity contribution in [3.63, 3.8) is 0 Å². The Bertz CT molecular complexity index is 1900. The third-order valence-corrected chi connectivity index (χ3v) is 8.43. The maximum atomic E-state index is 13.8. The van der Waals surface area contributed by atoms with Gasteiger partial charge in [0.2, 0.25) is 0 Å². The van der Waals surface area contributed by atoms with Gasteiger partial charge in [0.05, 0.1) is 42.7 Å². The predicted octanol–water partition coefficient (Wildman–Crippen LogP) is 6.92. The Morgan fingerprint density at radius 3 is 2.33 bits per heavy atom. The van der Waals surface area contributed by atoms with Gasteiger partial charge < -0.3 is 24.1 Å². The van der Waals surface area contributed by atoms with Crippen LogP contribution in [0.25, 0.3) is 16.0 Å². The van der Waals surface area contributed by atoms with Crippen LogP contribution in [0.1, 0.15) is 29.7 Å². The van der Waals surface area contributed by atoms with E-state index in [1.807, 2.05) is 55.5 Å². The number of rotatable bonds is 10. The first-order chi connectivity index (χ1) is 21.9. The summed E-state index contributed by atoms with van der Waals surface area (Å²) in [7, 11) is 3.06. The van der Waals surface area contributed by atoms with Crippen LogP contribution in [0.4, 0.5) is 5.13 Å². The van der Waals surface area contributed by atoms with E-state index >= 15 is 0 Å². The van der Waals surface area contributed by atoms with E-state index in [1.165, 1.54) is 30.5 Å². The average molecular weight is 623 g/mol. The summed E-state index contributed by atoms with van der Waals surface area (Å²) in [5, 5.41) is 11.9. The molecule has 9 nitrogen and oxygen atoms in total. The zero-order chi connectivity index (χ0) is 31.5. The highest BCUT2D eigenvalue weighted by Gasteiger charge is 2.48. The second kappa shape index (κ2) is 12.7. The highest BCUT2D eigenvalue weighted by molar-refractivity contribution is 7.22. The van der Waals surface area contributed by atoms with Gasteiger partial charge in [0.1, 0.15) is 23.9 Å². The molecule has 1 aliphatic rings. The maximum Gasteiger partial charge on any atom is 0.301 e. The van der Waals surface area contributed by atoms with Crippen molar-refractivity contribution < 1.29 is 33.6 Å². The van der Waals surface area contributed by atoms with Crippen LogP contribution in [0.5, 0.6) is 23.0 Å². The molecule has 1 saturated heterocycles. The number of ether oxygens (including phenoxy) is 4. The number of thiazole rings is 1. The second-order valence-corrected chi connectivity index (χ2v) is 11.2. The largest absolute Gasteiger partial charge is 0.507 e. The number of Topliss-reactive ketones (excluding diaryl/α,β-unsaturated/α-hetero) is 1.